The Morgan fingerprint density at radius 2 is 1.58 bits per heavy atom. The highest BCUT2D eigenvalue weighted by Gasteiger charge is 2.50. The smallest absolute Gasteiger partial charge is 0.303 e. The molecule has 208 valence electrons. The van der Waals surface area contributed by atoms with Crippen molar-refractivity contribution in [2.75, 3.05) is 26.2 Å². The fourth-order valence-electron chi connectivity index (χ4n) is 3.84. The average Bonchev–Trinajstić information content (AvgIpc) is 2.82. The third-order valence-electron chi connectivity index (χ3n) is 5.74. The van der Waals surface area contributed by atoms with Gasteiger partial charge in [0.2, 0.25) is 11.8 Å². The van der Waals surface area contributed by atoms with Crippen LogP contribution in [-0.4, -0.2) is 141 Å². The van der Waals surface area contributed by atoms with Crippen molar-refractivity contribution < 1.29 is 64.3 Å². The van der Waals surface area contributed by atoms with Crippen LogP contribution in [0.3, 0.4) is 0 Å². The zero-order valence-electron chi connectivity index (χ0n) is 19.6. The molecule has 0 aromatic heterocycles. The minimum atomic E-state index is -1.76. The summed E-state index contributed by atoms with van der Waals surface area (Å²) < 4.78 is 16.4. The van der Waals surface area contributed by atoms with E-state index in [1.54, 1.807) is 0 Å². The second-order valence-corrected chi connectivity index (χ2v) is 8.53. The molecule has 0 bridgehead atoms. The summed E-state index contributed by atoms with van der Waals surface area (Å²) in [6, 6.07) is -1.32. The standard InChI is InChI=1S/C20H35N3O13/c1-8(25)23-13-15(30)18(10(7-24)34-19(13)33)36-20-17(32)16(31)14(29)9(35-20)6-21-4-5-22-11(26)2-3-12(27)28/h9-10,13-21,24,29-33H,2-7H2,1H3,(H,22,26)(H,23,25)(H,27,28)/t9?,10?,13?,14-,15+,16-,17?,18+,19+,20-/m0/s1. The molecule has 4 unspecified atom stereocenters. The molecule has 2 rings (SSSR count). The molecule has 2 saturated heterocycles. The van der Waals surface area contributed by atoms with Crippen molar-refractivity contribution in [1.29, 1.82) is 0 Å². The van der Waals surface area contributed by atoms with E-state index in [4.69, 9.17) is 19.3 Å². The molecule has 10 N–H and O–H groups in total. The Labute approximate surface area is 206 Å². The van der Waals surface area contributed by atoms with Gasteiger partial charge in [-0.25, -0.2) is 0 Å². The number of rotatable bonds is 12. The van der Waals surface area contributed by atoms with Crippen LogP contribution in [0.2, 0.25) is 0 Å². The number of aliphatic hydroxyl groups excluding tert-OH is 6. The maximum atomic E-state index is 11.5. The van der Waals surface area contributed by atoms with Crippen LogP contribution < -0.4 is 16.0 Å². The topological polar surface area (TPSA) is 257 Å². The Balaban J connectivity index is 1.94. The number of hydrogen-bond donors (Lipinski definition) is 10. The van der Waals surface area contributed by atoms with Gasteiger partial charge in [-0.3, -0.25) is 14.4 Å². The number of carbonyl (C=O) groups is 3. The first-order chi connectivity index (χ1) is 17.0. The molecule has 16 nitrogen and oxygen atoms in total. The molecule has 0 radical (unpaired) electrons. The van der Waals surface area contributed by atoms with Crippen LogP contribution in [-0.2, 0) is 28.6 Å². The summed E-state index contributed by atoms with van der Waals surface area (Å²) in [5.74, 6) is -2.13. The van der Waals surface area contributed by atoms with Crippen LogP contribution >= 0.6 is 0 Å². The predicted molar refractivity (Wildman–Crippen MR) is 116 cm³/mol. The largest absolute Gasteiger partial charge is 0.481 e. The molecule has 2 heterocycles. The van der Waals surface area contributed by atoms with E-state index in [1.807, 2.05) is 0 Å². The highest BCUT2D eigenvalue weighted by Crippen LogP contribution is 2.28. The Morgan fingerprint density at radius 3 is 2.19 bits per heavy atom. The minimum absolute atomic E-state index is 0.0593. The summed E-state index contributed by atoms with van der Waals surface area (Å²) in [6.07, 6.45) is -14.1. The summed E-state index contributed by atoms with van der Waals surface area (Å²) in [5, 5.41) is 77.4. The molecule has 2 amide bonds. The quantitative estimate of drug-likeness (QED) is 0.107. The third kappa shape index (κ3) is 8.27. The van der Waals surface area contributed by atoms with Crippen molar-refractivity contribution in [2.45, 2.75) is 81.1 Å². The molecular formula is C20H35N3O13. The zero-order chi connectivity index (χ0) is 27.0. The first-order valence-corrected chi connectivity index (χ1v) is 11.4. The van der Waals surface area contributed by atoms with Crippen molar-refractivity contribution in [3.8, 4) is 0 Å². The highest BCUT2D eigenvalue weighted by molar-refractivity contribution is 5.80. The Bertz CT molecular complexity index is 744. The number of hydrogen-bond acceptors (Lipinski definition) is 13. The number of nitrogens with one attached hydrogen (secondary N) is 3. The number of amides is 2. The maximum Gasteiger partial charge on any atom is 0.303 e. The predicted octanol–water partition coefficient (Wildman–Crippen LogP) is -5.68. The second kappa shape index (κ2) is 14.1. The minimum Gasteiger partial charge on any atom is -0.481 e. The SMILES string of the molecule is CC(=O)NC1[C@H](O)OC(CO)[C@@H](O[C@@H]2OC(CNCCNC(=O)CCC(=O)O)[C@H](O)[C@H](O)C2O)[C@@H]1O. The molecule has 2 aliphatic rings. The summed E-state index contributed by atoms with van der Waals surface area (Å²) in [7, 11) is 0. The van der Waals surface area contributed by atoms with E-state index in [9.17, 15) is 45.0 Å². The van der Waals surface area contributed by atoms with Crippen molar-refractivity contribution in [3.63, 3.8) is 0 Å². The van der Waals surface area contributed by atoms with E-state index in [-0.39, 0.29) is 32.5 Å². The molecule has 0 saturated carbocycles. The average molecular weight is 526 g/mol. The number of ether oxygens (including phenoxy) is 3. The second-order valence-electron chi connectivity index (χ2n) is 8.53. The molecule has 0 aromatic carbocycles. The molecule has 0 aliphatic carbocycles. The van der Waals surface area contributed by atoms with Crippen LogP contribution in [0.4, 0.5) is 0 Å². The van der Waals surface area contributed by atoms with Gasteiger partial charge in [-0.05, 0) is 0 Å². The number of carboxylic acids is 1. The molecule has 0 aromatic rings. The lowest BCUT2D eigenvalue weighted by Crippen LogP contribution is -2.67. The fraction of sp³-hybridized carbons (Fsp3) is 0.850. The molecular weight excluding hydrogens is 490 g/mol. The molecule has 36 heavy (non-hydrogen) atoms. The summed E-state index contributed by atoms with van der Waals surface area (Å²) in [6.45, 7) is 0.730. The van der Waals surface area contributed by atoms with E-state index < -0.39 is 85.7 Å². The van der Waals surface area contributed by atoms with Crippen LogP contribution in [0.1, 0.15) is 19.8 Å². The van der Waals surface area contributed by atoms with Gasteiger partial charge in [-0.15, -0.1) is 0 Å². The first-order valence-electron chi connectivity index (χ1n) is 11.4. The molecule has 16 heteroatoms. The monoisotopic (exact) mass is 525 g/mol. The number of aliphatic hydroxyl groups is 6. The number of carbonyl (C=O) groups excluding carboxylic acids is 2. The lowest BCUT2D eigenvalue weighted by molar-refractivity contribution is -0.342. The van der Waals surface area contributed by atoms with Crippen molar-refractivity contribution in [1.82, 2.24) is 16.0 Å². The lowest BCUT2D eigenvalue weighted by atomic mass is 9.95. The summed E-state index contributed by atoms with van der Waals surface area (Å²) in [5.41, 5.74) is 0. The van der Waals surface area contributed by atoms with Gasteiger partial charge in [0.25, 0.3) is 0 Å². The van der Waals surface area contributed by atoms with Gasteiger partial charge < -0.3 is 65.9 Å². The Hall–Kier alpha value is -1.99. The number of carboxylic acid groups (broad SMARTS) is 1. The normalized spacial score (nSPS) is 36.8. The fourth-order valence-corrected chi connectivity index (χ4v) is 3.84. The zero-order valence-corrected chi connectivity index (χ0v) is 19.6. The van der Waals surface area contributed by atoms with Gasteiger partial charge in [0.05, 0.1) is 13.0 Å². The molecule has 2 fully saturated rings. The van der Waals surface area contributed by atoms with E-state index in [2.05, 4.69) is 16.0 Å². The van der Waals surface area contributed by atoms with Gasteiger partial charge >= 0.3 is 5.97 Å². The summed E-state index contributed by atoms with van der Waals surface area (Å²) in [4.78, 5) is 33.4. The van der Waals surface area contributed by atoms with Gasteiger partial charge in [-0.2, -0.15) is 0 Å². The first kappa shape index (κ1) is 30.2. The maximum absolute atomic E-state index is 11.5. The molecule has 10 atom stereocenters. The third-order valence-corrected chi connectivity index (χ3v) is 5.74. The molecule has 2 aliphatic heterocycles. The van der Waals surface area contributed by atoms with E-state index in [0.717, 1.165) is 6.92 Å². The van der Waals surface area contributed by atoms with Gasteiger partial charge in [-0.1, -0.05) is 0 Å². The van der Waals surface area contributed by atoms with Crippen LogP contribution in [0.5, 0.6) is 0 Å². The van der Waals surface area contributed by atoms with Crippen molar-refractivity contribution in [3.05, 3.63) is 0 Å². The Morgan fingerprint density at radius 1 is 0.889 bits per heavy atom. The number of aliphatic carboxylic acids is 1. The van der Waals surface area contributed by atoms with Gasteiger partial charge in [0.15, 0.2) is 12.6 Å². The van der Waals surface area contributed by atoms with E-state index in [0.29, 0.717) is 0 Å². The van der Waals surface area contributed by atoms with E-state index in [1.165, 1.54) is 0 Å². The van der Waals surface area contributed by atoms with Crippen LogP contribution in [0.15, 0.2) is 0 Å². The van der Waals surface area contributed by atoms with Crippen molar-refractivity contribution in [2.24, 2.45) is 0 Å². The van der Waals surface area contributed by atoms with Crippen LogP contribution in [0, 0.1) is 0 Å². The van der Waals surface area contributed by atoms with Crippen LogP contribution in [0.25, 0.3) is 0 Å². The molecule has 0 spiro atoms. The van der Waals surface area contributed by atoms with E-state index >= 15 is 0 Å². The highest BCUT2D eigenvalue weighted by atomic mass is 16.7. The van der Waals surface area contributed by atoms with Gasteiger partial charge in [0.1, 0.15) is 48.8 Å². The summed E-state index contributed by atoms with van der Waals surface area (Å²) >= 11 is 0. The lowest BCUT2D eigenvalue weighted by Gasteiger charge is -2.46. The Kier molecular flexibility index (Phi) is 11.8. The van der Waals surface area contributed by atoms with Crippen molar-refractivity contribution >= 4 is 17.8 Å². The van der Waals surface area contributed by atoms with Gasteiger partial charge in [0, 0.05) is 33.0 Å².